The lowest BCUT2D eigenvalue weighted by atomic mass is 9.77. The fourth-order valence-corrected chi connectivity index (χ4v) is 2.36. The van der Waals surface area contributed by atoms with Crippen molar-refractivity contribution in [2.45, 2.75) is 25.3 Å². The quantitative estimate of drug-likeness (QED) is 0.833. The molecule has 2 rings (SSSR count). The smallest absolute Gasteiger partial charge is 0.146 e. The fraction of sp³-hybridized carbons (Fsp3) is 0.500. The summed E-state index contributed by atoms with van der Waals surface area (Å²) >= 11 is 5.78. The third kappa shape index (κ3) is 2.01. The molecule has 3 heteroatoms. The lowest BCUT2D eigenvalue weighted by Gasteiger charge is -2.34. The van der Waals surface area contributed by atoms with Crippen LogP contribution in [0, 0.1) is 11.7 Å². The second-order valence-electron chi connectivity index (χ2n) is 4.10. The third-order valence-corrected chi connectivity index (χ3v) is 3.54. The summed E-state index contributed by atoms with van der Waals surface area (Å²) in [5.74, 6) is 0.286. The second kappa shape index (κ2) is 4.50. The van der Waals surface area contributed by atoms with Crippen molar-refractivity contribution in [2.75, 3.05) is 7.05 Å². The van der Waals surface area contributed by atoms with E-state index >= 15 is 0 Å². The first-order valence-electron chi connectivity index (χ1n) is 5.35. The summed E-state index contributed by atoms with van der Waals surface area (Å²) in [6.07, 6.45) is 3.61. The van der Waals surface area contributed by atoms with Crippen LogP contribution in [0.3, 0.4) is 0 Å². The molecule has 1 atom stereocenters. The average molecular weight is 228 g/mol. The number of halogens is 2. The van der Waals surface area contributed by atoms with Crippen molar-refractivity contribution >= 4 is 11.6 Å². The zero-order valence-electron chi connectivity index (χ0n) is 8.76. The third-order valence-electron chi connectivity index (χ3n) is 3.25. The summed E-state index contributed by atoms with van der Waals surface area (Å²) < 4.78 is 13.8. The number of hydrogen-bond acceptors (Lipinski definition) is 1. The predicted molar refractivity (Wildman–Crippen MR) is 60.6 cm³/mol. The van der Waals surface area contributed by atoms with E-state index in [9.17, 15) is 4.39 Å². The molecule has 0 radical (unpaired) electrons. The zero-order chi connectivity index (χ0) is 10.8. The normalized spacial score (nSPS) is 18.6. The zero-order valence-corrected chi connectivity index (χ0v) is 9.52. The van der Waals surface area contributed by atoms with Gasteiger partial charge in [0.2, 0.25) is 0 Å². The van der Waals surface area contributed by atoms with Crippen molar-refractivity contribution in [3.8, 4) is 0 Å². The molecule has 0 amide bonds. The van der Waals surface area contributed by atoms with Gasteiger partial charge in [-0.3, -0.25) is 0 Å². The Labute approximate surface area is 94.6 Å². The van der Waals surface area contributed by atoms with Crippen LogP contribution < -0.4 is 5.32 Å². The highest BCUT2D eigenvalue weighted by molar-refractivity contribution is 6.30. The van der Waals surface area contributed by atoms with E-state index in [2.05, 4.69) is 5.32 Å². The van der Waals surface area contributed by atoms with Crippen LogP contribution >= 0.6 is 11.6 Å². The minimum absolute atomic E-state index is 0.109. The molecule has 0 aromatic heterocycles. The molecule has 1 aromatic carbocycles. The summed E-state index contributed by atoms with van der Waals surface area (Å²) in [6, 6.07) is 5.33. The Balaban J connectivity index is 2.29. The number of benzene rings is 1. The van der Waals surface area contributed by atoms with E-state index in [1.165, 1.54) is 19.3 Å². The molecule has 1 unspecified atom stereocenters. The van der Waals surface area contributed by atoms with E-state index in [0.29, 0.717) is 11.5 Å². The molecule has 0 aliphatic heterocycles. The van der Waals surface area contributed by atoms with Crippen molar-refractivity contribution < 1.29 is 4.39 Å². The Morgan fingerprint density at radius 1 is 1.47 bits per heavy atom. The molecule has 1 aromatic rings. The SMILES string of the molecule is CNC(c1cccc(Cl)c1F)C1CCC1. The van der Waals surface area contributed by atoms with E-state index in [4.69, 9.17) is 11.6 Å². The van der Waals surface area contributed by atoms with E-state index in [1.807, 2.05) is 19.2 Å². The van der Waals surface area contributed by atoms with Gasteiger partial charge in [0, 0.05) is 11.6 Å². The average Bonchev–Trinajstić information content (AvgIpc) is 2.16. The molecule has 15 heavy (non-hydrogen) atoms. The Bertz CT molecular complexity index is 349. The molecule has 0 bridgehead atoms. The van der Waals surface area contributed by atoms with Crippen molar-refractivity contribution in [2.24, 2.45) is 5.92 Å². The van der Waals surface area contributed by atoms with Crippen LogP contribution in [0.2, 0.25) is 5.02 Å². The van der Waals surface area contributed by atoms with Crippen LogP contribution in [-0.2, 0) is 0 Å². The standard InChI is InChI=1S/C12H15ClFN/c1-15-12(8-4-2-5-8)9-6-3-7-10(13)11(9)14/h3,6-8,12,15H,2,4-5H2,1H3. The summed E-state index contributed by atoms with van der Waals surface area (Å²) in [5, 5.41) is 3.40. The molecule has 0 saturated heterocycles. The molecule has 0 heterocycles. The Morgan fingerprint density at radius 2 is 2.20 bits per heavy atom. The van der Waals surface area contributed by atoms with Crippen LogP contribution in [0.1, 0.15) is 30.9 Å². The van der Waals surface area contributed by atoms with E-state index in [-0.39, 0.29) is 16.9 Å². The molecule has 1 N–H and O–H groups in total. The molecule has 1 aliphatic rings. The molecule has 1 saturated carbocycles. The van der Waals surface area contributed by atoms with Gasteiger partial charge in [0.05, 0.1) is 5.02 Å². The van der Waals surface area contributed by atoms with Crippen LogP contribution in [0.5, 0.6) is 0 Å². The molecule has 82 valence electrons. The molecular weight excluding hydrogens is 213 g/mol. The first-order chi connectivity index (χ1) is 7.24. The number of nitrogens with one attached hydrogen (secondary N) is 1. The van der Waals surface area contributed by atoms with Crippen molar-refractivity contribution in [3.63, 3.8) is 0 Å². The maximum atomic E-state index is 13.8. The largest absolute Gasteiger partial charge is 0.313 e. The fourth-order valence-electron chi connectivity index (χ4n) is 2.18. The maximum absolute atomic E-state index is 13.8. The van der Waals surface area contributed by atoms with E-state index in [1.54, 1.807) is 6.07 Å². The van der Waals surface area contributed by atoms with Gasteiger partial charge in [-0.25, -0.2) is 4.39 Å². The predicted octanol–water partition coefficient (Wildman–Crippen LogP) is 3.54. The molecule has 1 fully saturated rings. The first-order valence-corrected chi connectivity index (χ1v) is 5.73. The maximum Gasteiger partial charge on any atom is 0.146 e. The highest BCUT2D eigenvalue weighted by Gasteiger charge is 2.29. The minimum Gasteiger partial charge on any atom is -0.313 e. The Morgan fingerprint density at radius 3 is 2.73 bits per heavy atom. The van der Waals surface area contributed by atoms with Crippen LogP contribution in [0.15, 0.2) is 18.2 Å². The van der Waals surface area contributed by atoms with Gasteiger partial charge in [0.15, 0.2) is 0 Å². The minimum atomic E-state index is -0.273. The van der Waals surface area contributed by atoms with Crippen LogP contribution in [0.25, 0.3) is 0 Å². The van der Waals surface area contributed by atoms with E-state index < -0.39 is 0 Å². The van der Waals surface area contributed by atoms with Crippen molar-refractivity contribution in [3.05, 3.63) is 34.6 Å². The van der Waals surface area contributed by atoms with Gasteiger partial charge in [-0.15, -0.1) is 0 Å². The second-order valence-corrected chi connectivity index (χ2v) is 4.51. The molecule has 0 spiro atoms. The molecule has 1 nitrogen and oxygen atoms in total. The highest BCUT2D eigenvalue weighted by Crippen LogP contribution is 2.39. The lowest BCUT2D eigenvalue weighted by Crippen LogP contribution is -2.30. The number of hydrogen-bond donors (Lipinski definition) is 1. The van der Waals surface area contributed by atoms with Crippen LogP contribution in [0.4, 0.5) is 4.39 Å². The summed E-state index contributed by atoms with van der Waals surface area (Å²) in [5.41, 5.74) is 0.703. The van der Waals surface area contributed by atoms with Gasteiger partial charge in [0.25, 0.3) is 0 Å². The summed E-state index contributed by atoms with van der Waals surface area (Å²) in [7, 11) is 1.88. The monoisotopic (exact) mass is 227 g/mol. The first kappa shape index (κ1) is 10.9. The number of rotatable bonds is 3. The van der Waals surface area contributed by atoms with Gasteiger partial charge >= 0.3 is 0 Å². The molecule has 1 aliphatic carbocycles. The van der Waals surface area contributed by atoms with Crippen molar-refractivity contribution in [1.29, 1.82) is 0 Å². The van der Waals surface area contributed by atoms with E-state index in [0.717, 1.165) is 0 Å². The van der Waals surface area contributed by atoms with Crippen LogP contribution in [-0.4, -0.2) is 7.05 Å². The topological polar surface area (TPSA) is 12.0 Å². The molecular formula is C12H15ClFN. The van der Waals surface area contributed by atoms with Gasteiger partial charge < -0.3 is 5.32 Å². The van der Waals surface area contributed by atoms with Gasteiger partial charge in [-0.2, -0.15) is 0 Å². The summed E-state index contributed by atoms with van der Waals surface area (Å²) in [6.45, 7) is 0. The van der Waals surface area contributed by atoms with Gasteiger partial charge in [-0.1, -0.05) is 30.2 Å². The summed E-state index contributed by atoms with van der Waals surface area (Å²) in [4.78, 5) is 0. The Hall–Kier alpha value is -0.600. The van der Waals surface area contributed by atoms with Crippen molar-refractivity contribution in [1.82, 2.24) is 5.32 Å². The Kier molecular flexibility index (Phi) is 3.27. The van der Waals surface area contributed by atoms with Gasteiger partial charge in [0.1, 0.15) is 5.82 Å². The highest BCUT2D eigenvalue weighted by atomic mass is 35.5. The lowest BCUT2D eigenvalue weighted by molar-refractivity contribution is 0.235. The van der Waals surface area contributed by atoms with Gasteiger partial charge in [-0.05, 0) is 31.9 Å².